The van der Waals surface area contributed by atoms with Crippen molar-refractivity contribution >= 4 is 21.5 Å². The van der Waals surface area contributed by atoms with Gasteiger partial charge in [0, 0.05) is 10.0 Å². The molecule has 0 atom stereocenters. The molecule has 0 saturated heterocycles. The van der Waals surface area contributed by atoms with E-state index in [9.17, 15) is 0 Å². The van der Waals surface area contributed by atoms with Crippen molar-refractivity contribution in [2.24, 2.45) is 0 Å². The van der Waals surface area contributed by atoms with E-state index in [1.807, 2.05) is 6.07 Å². The topological polar surface area (TPSA) is 9.23 Å². The van der Waals surface area contributed by atoms with Crippen molar-refractivity contribution in [2.75, 3.05) is 7.11 Å². The predicted molar refractivity (Wildman–Crippen MR) is 82.5 cm³/mol. The number of hydrogen-bond donors (Lipinski definition) is 0. The standard InChI is InChI=1S/C17H15BrO/c1-19-17-7-3-5-15-14(4-2-6-16(15)17)12-8-10-13(18)11-9-12/h3-5,7-11H,2,6H2,1H3. The smallest absolute Gasteiger partial charge is 0.122 e. The number of methoxy groups -OCH3 is 1. The molecule has 96 valence electrons. The highest BCUT2D eigenvalue weighted by atomic mass is 79.9. The van der Waals surface area contributed by atoms with E-state index in [1.165, 1.54) is 22.3 Å². The highest BCUT2D eigenvalue weighted by molar-refractivity contribution is 9.10. The zero-order valence-corrected chi connectivity index (χ0v) is 12.4. The van der Waals surface area contributed by atoms with Crippen molar-refractivity contribution in [3.63, 3.8) is 0 Å². The Morgan fingerprint density at radius 3 is 2.58 bits per heavy atom. The minimum atomic E-state index is 1.00. The average molecular weight is 315 g/mol. The van der Waals surface area contributed by atoms with Crippen LogP contribution in [-0.2, 0) is 6.42 Å². The highest BCUT2D eigenvalue weighted by Gasteiger charge is 2.17. The highest BCUT2D eigenvalue weighted by Crippen LogP contribution is 2.36. The van der Waals surface area contributed by atoms with E-state index >= 15 is 0 Å². The Bertz CT molecular complexity index is 626. The van der Waals surface area contributed by atoms with E-state index in [0.29, 0.717) is 0 Å². The minimum Gasteiger partial charge on any atom is -0.496 e. The Labute approximate surface area is 122 Å². The molecule has 3 rings (SSSR count). The molecule has 0 N–H and O–H groups in total. The predicted octanol–water partition coefficient (Wildman–Crippen LogP) is 4.84. The number of allylic oxidation sites excluding steroid dienone is 1. The molecule has 0 aliphatic heterocycles. The Hall–Kier alpha value is -1.54. The molecule has 0 bridgehead atoms. The molecule has 0 saturated carbocycles. The molecule has 0 aromatic heterocycles. The molecule has 2 heteroatoms. The van der Waals surface area contributed by atoms with E-state index in [2.05, 4.69) is 58.4 Å². The van der Waals surface area contributed by atoms with Crippen molar-refractivity contribution in [3.8, 4) is 5.75 Å². The van der Waals surface area contributed by atoms with Crippen molar-refractivity contribution in [1.29, 1.82) is 0 Å². The molecular weight excluding hydrogens is 300 g/mol. The second-order valence-electron chi connectivity index (χ2n) is 4.65. The van der Waals surface area contributed by atoms with E-state index in [0.717, 1.165) is 23.1 Å². The van der Waals surface area contributed by atoms with Gasteiger partial charge in [-0.1, -0.05) is 46.3 Å². The average Bonchev–Trinajstić information content (AvgIpc) is 2.47. The third-order valence-corrected chi connectivity index (χ3v) is 4.07. The summed E-state index contributed by atoms with van der Waals surface area (Å²) in [6.07, 6.45) is 4.45. The quantitative estimate of drug-likeness (QED) is 0.771. The Kier molecular flexibility index (Phi) is 3.43. The molecule has 1 nitrogen and oxygen atoms in total. The molecule has 1 aliphatic rings. The van der Waals surface area contributed by atoms with Gasteiger partial charge in [-0.15, -0.1) is 0 Å². The summed E-state index contributed by atoms with van der Waals surface area (Å²) in [5, 5.41) is 0. The Balaban J connectivity index is 2.11. The van der Waals surface area contributed by atoms with Crippen molar-refractivity contribution in [1.82, 2.24) is 0 Å². The number of fused-ring (bicyclic) bond motifs is 1. The summed E-state index contributed by atoms with van der Waals surface area (Å²) in [4.78, 5) is 0. The van der Waals surface area contributed by atoms with Crippen LogP contribution in [0.4, 0.5) is 0 Å². The van der Waals surface area contributed by atoms with Gasteiger partial charge in [-0.3, -0.25) is 0 Å². The van der Waals surface area contributed by atoms with Gasteiger partial charge >= 0.3 is 0 Å². The second-order valence-corrected chi connectivity index (χ2v) is 5.57. The second kappa shape index (κ2) is 5.22. The summed E-state index contributed by atoms with van der Waals surface area (Å²) < 4.78 is 6.59. The van der Waals surface area contributed by atoms with Gasteiger partial charge < -0.3 is 4.74 Å². The number of ether oxygens (including phenoxy) is 1. The summed E-state index contributed by atoms with van der Waals surface area (Å²) in [6.45, 7) is 0. The van der Waals surface area contributed by atoms with Gasteiger partial charge in [-0.05, 0) is 47.7 Å². The fraction of sp³-hybridized carbons (Fsp3) is 0.176. The third-order valence-electron chi connectivity index (χ3n) is 3.54. The molecule has 0 heterocycles. The fourth-order valence-electron chi connectivity index (χ4n) is 2.64. The molecule has 19 heavy (non-hydrogen) atoms. The molecule has 0 amide bonds. The molecule has 0 radical (unpaired) electrons. The van der Waals surface area contributed by atoms with Crippen LogP contribution in [0.2, 0.25) is 0 Å². The first-order valence-electron chi connectivity index (χ1n) is 6.42. The lowest BCUT2D eigenvalue weighted by Crippen LogP contribution is -2.03. The van der Waals surface area contributed by atoms with Gasteiger partial charge in [0.15, 0.2) is 0 Å². The normalized spacial score (nSPS) is 13.7. The maximum absolute atomic E-state index is 5.48. The van der Waals surface area contributed by atoms with Crippen LogP contribution >= 0.6 is 15.9 Å². The maximum atomic E-state index is 5.48. The Morgan fingerprint density at radius 1 is 1.05 bits per heavy atom. The number of benzene rings is 2. The SMILES string of the molecule is COc1cccc2c1CCC=C2c1ccc(Br)cc1. The van der Waals surface area contributed by atoms with Crippen molar-refractivity contribution < 1.29 is 4.74 Å². The molecule has 2 aromatic rings. The molecule has 0 unspecified atom stereocenters. The number of halogens is 1. The van der Waals surface area contributed by atoms with Crippen molar-refractivity contribution in [3.05, 3.63) is 69.7 Å². The monoisotopic (exact) mass is 314 g/mol. The molecule has 0 fully saturated rings. The maximum Gasteiger partial charge on any atom is 0.122 e. The van der Waals surface area contributed by atoms with Crippen LogP contribution in [0.3, 0.4) is 0 Å². The van der Waals surface area contributed by atoms with Gasteiger partial charge in [-0.25, -0.2) is 0 Å². The third kappa shape index (κ3) is 2.33. The van der Waals surface area contributed by atoms with Crippen LogP contribution < -0.4 is 4.74 Å². The fourth-order valence-corrected chi connectivity index (χ4v) is 2.91. The summed E-state index contributed by atoms with van der Waals surface area (Å²) in [5.41, 5.74) is 5.20. The van der Waals surface area contributed by atoms with Gasteiger partial charge in [0.25, 0.3) is 0 Å². The number of hydrogen-bond acceptors (Lipinski definition) is 1. The van der Waals surface area contributed by atoms with E-state index < -0.39 is 0 Å². The van der Waals surface area contributed by atoms with Gasteiger partial charge in [0.1, 0.15) is 5.75 Å². The van der Waals surface area contributed by atoms with Crippen LogP contribution in [0.25, 0.3) is 5.57 Å². The summed E-state index contributed by atoms with van der Waals surface area (Å²) in [5.74, 6) is 1.00. The largest absolute Gasteiger partial charge is 0.496 e. The summed E-state index contributed by atoms with van der Waals surface area (Å²) >= 11 is 3.48. The van der Waals surface area contributed by atoms with Crippen molar-refractivity contribution in [2.45, 2.75) is 12.8 Å². The van der Waals surface area contributed by atoms with Crippen LogP contribution in [0.15, 0.2) is 53.0 Å². The summed E-state index contributed by atoms with van der Waals surface area (Å²) in [6, 6.07) is 14.8. The zero-order valence-electron chi connectivity index (χ0n) is 10.8. The molecular formula is C17H15BrO. The molecule has 1 aliphatic carbocycles. The number of rotatable bonds is 2. The lowest BCUT2D eigenvalue weighted by Gasteiger charge is -2.20. The lowest BCUT2D eigenvalue weighted by atomic mass is 9.86. The first-order valence-corrected chi connectivity index (χ1v) is 7.21. The molecule has 0 spiro atoms. The zero-order chi connectivity index (χ0) is 13.2. The van der Waals surface area contributed by atoms with Crippen LogP contribution in [-0.4, -0.2) is 7.11 Å². The van der Waals surface area contributed by atoms with Crippen LogP contribution in [0.1, 0.15) is 23.1 Å². The van der Waals surface area contributed by atoms with Gasteiger partial charge in [0.05, 0.1) is 7.11 Å². The van der Waals surface area contributed by atoms with E-state index in [1.54, 1.807) is 7.11 Å². The summed E-state index contributed by atoms with van der Waals surface area (Å²) in [7, 11) is 1.74. The van der Waals surface area contributed by atoms with E-state index in [4.69, 9.17) is 4.74 Å². The first kappa shape index (κ1) is 12.5. The minimum absolute atomic E-state index is 1.00. The van der Waals surface area contributed by atoms with Crippen LogP contribution in [0.5, 0.6) is 5.75 Å². The Morgan fingerprint density at radius 2 is 1.84 bits per heavy atom. The lowest BCUT2D eigenvalue weighted by molar-refractivity contribution is 0.409. The first-order chi connectivity index (χ1) is 9.29. The van der Waals surface area contributed by atoms with E-state index in [-0.39, 0.29) is 0 Å². The molecule has 2 aromatic carbocycles. The van der Waals surface area contributed by atoms with Gasteiger partial charge in [0.2, 0.25) is 0 Å². The van der Waals surface area contributed by atoms with Crippen LogP contribution in [0, 0.1) is 0 Å². The van der Waals surface area contributed by atoms with Gasteiger partial charge in [-0.2, -0.15) is 0 Å².